The summed E-state index contributed by atoms with van der Waals surface area (Å²) in [7, 11) is 7.22. The molecule has 2 amide bonds. The van der Waals surface area contributed by atoms with Crippen molar-refractivity contribution >= 4 is 52.5 Å². The van der Waals surface area contributed by atoms with Crippen LogP contribution < -0.4 is 26.0 Å². The number of methoxy groups -OCH3 is 1. The van der Waals surface area contributed by atoms with Gasteiger partial charge in [-0.2, -0.15) is 5.10 Å². The highest BCUT2D eigenvalue weighted by Crippen LogP contribution is 2.38. The molecule has 5 N–H and O–H groups in total. The summed E-state index contributed by atoms with van der Waals surface area (Å²) < 4.78 is 7.64. The maximum absolute atomic E-state index is 13.1. The fourth-order valence-corrected chi connectivity index (χ4v) is 4.13. The number of aliphatic hydroxyl groups excluding tert-OH is 1. The molecule has 1 atom stereocenters. The molecule has 0 saturated heterocycles. The van der Waals surface area contributed by atoms with Crippen LogP contribution >= 0.6 is 0 Å². The quantitative estimate of drug-likeness (QED) is 0.124. The van der Waals surface area contributed by atoms with Crippen molar-refractivity contribution in [1.82, 2.24) is 30.6 Å². The second-order valence-corrected chi connectivity index (χ2v) is 11.2. The van der Waals surface area contributed by atoms with Gasteiger partial charge in [-0.1, -0.05) is 13.0 Å². The number of hydrogen-bond donors (Lipinski definition) is 5. The van der Waals surface area contributed by atoms with Crippen molar-refractivity contribution in [1.29, 1.82) is 0 Å². The zero-order chi connectivity index (χ0) is 29.6. The molecule has 1 fully saturated rings. The third-order valence-corrected chi connectivity index (χ3v) is 6.47. The number of hydrogen-bond acceptors (Lipinski definition) is 9. The van der Waals surface area contributed by atoms with Crippen LogP contribution in [0.3, 0.4) is 0 Å². The lowest BCUT2D eigenvalue weighted by atomic mass is 9.49. The summed E-state index contributed by atoms with van der Waals surface area (Å²) >= 11 is 0. The Bertz CT molecular complexity index is 1380. The van der Waals surface area contributed by atoms with E-state index in [-0.39, 0.29) is 29.4 Å². The average Bonchev–Trinajstić information content (AvgIpc) is 3.68. The van der Waals surface area contributed by atoms with Crippen molar-refractivity contribution < 1.29 is 19.4 Å². The van der Waals surface area contributed by atoms with E-state index < -0.39 is 11.1 Å². The maximum Gasteiger partial charge on any atom is 0.272 e. The van der Waals surface area contributed by atoms with E-state index in [1.54, 1.807) is 13.2 Å². The Hall–Kier alpha value is -3.84. The van der Waals surface area contributed by atoms with Gasteiger partial charge in [-0.3, -0.25) is 14.3 Å². The van der Waals surface area contributed by atoms with E-state index in [4.69, 9.17) is 9.84 Å². The van der Waals surface area contributed by atoms with Crippen LogP contribution in [0.4, 0.5) is 17.2 Å². The number of ether oxygens (including phenoxy) is 1. The molecular formula is C26H37B3N8O4. The molecule has 1 aliphatic carbocycles. The molecule has 2 heterocycles. The Morgan fingerprint density at radius 1 is 1.20 bits per heavy atom. The average molecular weight is 558 g/mol. The van der Waals surface area contributed by atoms with E-state index in [1.807, 2.05) is 65.6 Å². The number of carbonyl (C=O) groups excluding carboxylic acids is 2. The van der Waals surface area contributed by atoms with Crippen molar-refractivity contribution in [2.24, 2.45) is 5.92 Å². The molecule has 12 nitrogen and oxygen atoms in total. The predicted octanol–water partition coefficient (Wildman–Crippen LogP) is -0.958. The number of aromatic nitrogens is 4. The molecule has 214 valence electrons. The molecule has 2 aromatic heterocycles. The SMILES string of the molecule is BC(B)(B)NC(=O)c1nnc(NC(=O)C2CC2)cc1Nc1cccc(-c2ccn(CCNC[C@H](O)CC)n2)c1OC. The molecule has 3 aromatic rings. The third-order valence-electron chi connectivity index (χ3n) is 6.47. The van der Waals surface area contributed by atoms with Crippen molar-refractivity contribution in [2.45, 2.75) is 44.1 Å². The van der Waals surface area contributed by atoms with Crippen molar-refractivity contribution in [3.05, 3.63) is 42.2 Å². The Labute approximate surface area is 242 Å². The Kier molecular flexibility index (Phi) is 9.71. The van der Waals surface area contributed by atoms with Gasteiger partial charge in [0.15, 0.2) is 17.3 Å². The largest absolute Gasteiger partial charge is 0.494 e. The fourth-order valence-electron chi connectivity index (χ4n) is 4.13. The van der Waals surface area contributed by atoms with Gasteiger partial charge in [0.1, 0.15) is 23.5 Å². The zero-order valence-corrected chi connectivity index (χ0v) is 24.3. The molecule has 1 aromatic carbocycles. The van der Waals surface area contributed by atoms with Gasteiger partial charge in [-0.25, -0.2) is 0 Å². The monoisotopic (exact) mass is 558 g/mol. The minimum Gasteiger partial charge on any atom is -0.494 e. The molecule has 0 bridgehead atoms. The van der Waals surface area contributed by atoms with Crippen molar-refractivity contribution in [3.8, 4) is 17.0 Å². The zero-order valence-electron chi connectivity index (χ0n) is 24.3. The topological polar surface area (TPSA) is 155 Å². The van der Waals surface area contributed by atoms with Gasteiger partial charge in [0.25, 0.3) is 5.91 Å². The highest BCUT2D eigenvalue weighted by Gasteiger charge is 2.30. The van der Waals surface area contributed by atoms with Gasteiger partial charge in [-0.05, 0) is 42.7 Å². The second-order valence-electron chi connectivity index (χ2n) is 11.2. The summed E-state index contributed by atoms with van der Waals surface area (Å²) in [5.74, 6) is 0.271. The molecule has 0 unspecified atom stereocenters. The van der Waals surface area contributed by atoms with Crippen molar-refractivity contribution in [3.63, 3.8) is 0 Å². The smallest absolute Gasteiger partial charge is 0.272 e. The first kappa shape index (κ1) is 30.1. The molecule has 15 heteroatoms. The minimum atomic E-state index is -0.489. The number of amides is 2. The van der Waals surface area contributed by atoms with Gasteiger partial charge < -0.3 is 31.1 Å². The van der Waals surface area contributed by atoms with E-state index in [0.29, 0.717) is 43.2 Å². The molecule has 1 aliphatic rings. The van der Waals surface area contributed by atoms with E-state index in [0.717, 1.165) is 24.1 Å². The number of nitrogens with zero attached hydrogens (tertiary/aromatic N) is 4. The van der Waals surface area contributed by atoms with Crippen LogP contribution in [0.2, 0.25) is 0 Å². The van der Waals surface area contributed by atoms with Crippen molar-refractivity contribution in [2.75, 3.05) is 30.8 Å². The number of para-hydroxylation sites is 1. The van der Waals surface area contributed by atoms with Crippen LogP contribution in [0.15, 0.2) is 36.5 Å². The van der Waals surface area contributed by atoms with Gasteiger partial charge >= 0.3 is 0 Å². The molecule has 0 spiro atoms. The lowest BCUT2D eigenvalue weighted by Crippen LogP contribution is -2.50. The summed E-state index contributed by atoms with van der Waals surface area (Å²) in [5, 5.41) is 34.4. The first-order valence-electron chi connectivity index (χ1n) is 14.0. The number of benzene rings is 1. The van der Waals surface area contributed by atoms with E-state index in [1.165, 1.54) is 0 Å². The van der Waals surface area contributed by atoms with E-state index in [9.17, 15) is 14.7 Å². The lowest BCUT2D eigenvalue weighted by Gasteiger charge is -2.22. The summed E-state index contributed by atoms with van der Waals surface area (Å²) in [6.07, 6.45) is 3.95. The Balaban J connectivity index is 1.59. The summed E-state index contributed by atoms with van der Waals surface area (Å²) in [5.41, 5.74) is 2.52. The van der Waals surface area contributed by atoms with Crippen LogP contribution in [-0.2, 0) is 11.3 Å². The molecule has 1 saturated carbocycles. The first-order chi connectivity index (χ1) is 19.6. The fraction of sp³-hybridized carbons (Fsp3) is 0.423. The maximum atomic E-state index is 13.1. The molecule has 4 rings (SSSR count). The van der Waals surface area contributed by atoms with Crippen LogP contribution in [0, 0.1) is 5.92 Å². The van der Waals surface area contributed by atoms with Gasteiger partial charge in [-0.15, -0.1) is 10.2 Å². The van der Waals surface area contributed by atoms with E-state index in [2.05, 4.69) is 31.5 Å². The summed E-state index contributed by atoms with van der Waals surface area (Å²) in [4.78, 5) is 25.5. The predicted molar refractivity (Wildman–Crippen MR) is 166 cm³/mol. The Morgan fingerprint density at radius 3 is 2.66 bits per heavy atom. The second kappa shape index (κ2) is 13.2. The van der Waals surface area contributed by atoms with Crippen LogP contribution in [0.1, 0.15) is 36.7 Å². The standard InChI is InChI=1S/C26H37B3N8O4/c1-3-16(38)14-30-10-12-37-11-9-18(36-37)17-5-4-6-19(23(17)41-2)31-20-13-21(32-24(39)15-7-8-15)34-35-22(20)25(40)33-26(27,28)29/h4-6,9,11,13,15-16,30,38H,3,7-8,10,12,14,27-29H2,1-2H3,(H,33,40)(H2,31,32,34,39)/t16-/m1/s1. The highest BCUT2D eigenvalue weighted by molar-refractivity contribution is 6.60. The molecule has 41 heavy (non-hydrogen) atoms. The van der Waals surface area contributed by atoms with E-state index >= 15 is 0 Å². The summed E-state index contributed by atoms with van der Waals surface area (Å²) in [6, 6.07) is 9.12. The number of nitrogens with one attached hydrogen (secondary N) is 4. The number of anilines is 3. The molecular weight excluding hydrogens is 521 g/mol. The third kappa shape index (κ3) is 8.34. The van der Waals surface area contributed by atoms with Gasteiger partial charge in [0.2, 0.25) is 5.91 Å². The van der Waals surface area contributed by atoms with Gasteiger partial charge in [0.05, 0.1) is 36.8 Å². The molecule has 0 radical (unpaired) electrons. The molecule has 0 aliphatic heterocycles. The normalized spacial score (nSPS) is 13.8. The number of rotatable bonds is 14. The summed E-state index contributed by atoms with van der Waals surface area (Å²) in [6.45, 7) is 3.80. The van der Waals surface area contributed by atoms with Crippen LogP contribution in [0.25, 0.3) is 11.3 Å². The Morgan fingerprint density at radius 2 is 1.98 bits per heavy atom. The van der Waals surface area contributed by atoms with Crippen LogP contribution in [0.5, 0.6) is 5.75 Å². The minimum absolute atomic E-state index is 0.00706. The first-order valence-corrected chi connectivity index (χ1v) is 14.0. The van der Waals surface area contributed by atoms with Gasteiger partial charge in [0, 0.05) is 36.8 Å². The number of carbonyl (C=O) groups is 2. The highest BCUT2D eigenvalue weighted by atomic mass is 16.5. The number of aliphatic hydroxyl groups is 1. The van der Waals surface area contributed by atoms with Crippen LogP contribution in [-0.4, -0.2) is 92.0 Å². The lowest BCUT2D eigenvalue weighted by molar-refractivity contribution is -0.117.